The Hall–Kier alpha value is -1.13. The number of β-amino-alcohol motifs (C(OH)–C–C–N with tert-alkyl or cyclic N) is 1. The first kappa shape index (κ1) is 11.4. The molecule has 1 aromatic rings. The number of nitrogens with zero attached hydrogens (tertiary/aromatic N) is 2. The van der Waals surface area contributed by atoms with Gasteiger partial charge in [0.2, 0.25) is 0 Å². The summed E-state index contributed by atoms with van der Waals surface area (Å²) in [6.07, 6.45) is 3.63. The molecule has 0 saturated carbocycles. The van der Waals surface area contributed by atoms with E-state index in [4.69, 9.17) is 11.6 Å². The third kappa shape index (κ3) is 1.90. The van der Waals surface area contributed by atoms with E-state index >= 15 is 0 Å². The van der Waals surface area contributed by atoms with Crippen molar-refractivity contribution >= 4 is 17.5 Å². The van der Waals surface area contributed by atoms with Crippen LogP contribution in [0, 0.1) is 0 Å². The van der Waals surface area contributed by atoms with E-state index in [9.17, 15) is 9.90 Å². The molecule has 2 heterocycles. The Bertz CT molecular complexity index is 416. The van der Waals surface area contributed by atoms with E-state index in [1.54, 1.807) is 11.0 Å². The molecule has 1 aliphatic rings. The maximum Gasteiger partial charge on any atom is 0.255 e. The summed E-state index contributed by atoms with van der Waals surface area (Å²) in [6, 6.07) is 1.59. The molecule has 0 radical (unpaired) electrons. The van der Waals surface area contributed by atoms with Gasteiger partial charge in [0.05, 0.1) is 29.3 Å². The molecule has 0 atom stereocenters. The molecular formula is C11H13ClN2O2. The Morgan fingerprint density at radius 2 is 2.38 bits per heavy atom. The Morgan fingerprint density at radius 3 is 2.94 bits per heavy atom. The molecule has 4 nitrogen and oxygen atoms in total. The minimum absolute atomic E-state index is 0.148. The summed E-state index contributed by atoms with van der Waals surface area (Å²) >= 11 is 5.88. The summed E-state index contributed by atoms with van der Waals surface area (Å²) in [7, 11) is 0. The number of pyridine rings is 1. The number of aromatic nitrogens is 1. The van der Waals surface area contributed by atoms with Crippen LogP contribution in [0.2, 0.25) is 5.02 Å². The maximum absolute atomic E-state index is 12.0. The van der Waals surface area contributed by atoms with Gasteiger partial charge in [-0.25, -0.2) is 0 Å². The van der Waals surface area contributed by atoms with E-state index in [-0.39, 0.29) is 5.91 Å². The molecule has 0 unspecified atom stereocenters. The second kappa shape index (κ2) is 4.03. The van der Waals surface area contributed by atoms with Crippen molar-refractivity contribution < 1.29 is 9.90 Å². The molecular weight excluding hydrogens is 228 g/mol. The van der Waals surface area contributed by atoms with E-state index in [1.165, 1.54) is 12.4 Å². The Labute approximate surface area is 98.9 Å². The fourth-order valence-corrected chi connectivity index (χ4v) is 1.95. The van der Waals surface area contributed by atoms with Crippen molar-refractivity contribution in [2.75, 3.05) is 13.1 Å². The maximum atomic E-state index is 12.0. The second-order valence-electron chi connectivity index (χ2n) is 4.09. The molecule has 16 heavy (non-hydrogen) atoms. The van der Waals surface area contributed by atoms with Gasteiger partial charge in [0.1, 0.15) is 0 Å². The highest BCUT2D eigenvalue weighted by Gasteiger charge is 2.42. The lowest BCUT2D eigenvalue weighted by Crippen LogP contribution is -2.63. The fraction of sp³-hybridized carbons (Fsp3) is 0.455. The van der Waals surface area contributed by atoms with Gasteiger partial charge in [0.15, 0.2) is 0 Å². The Kier molecular flexibility index (Phi) is 2.86. The fourth-order valence-electron chi connectivity index (χ4n) is 1.75. The summed E-state index contributed by atoms with van der Waals surface area (Å²) < 4.78 is 0. The van der Waals surface area contributed by atoms with Crippen LogP contribution in [0.3, 0.4) is 0 Å². The van der Waals surface area contributed by atoms with Crippen molar-refractivity contribution in [1.29, 1.82) is 0 Å². The lowest BCUT2D eigenvalue weighted by atomic mass is 9.91. The van der Waals surface area contributed by atoms with Crippen molar-refractivity contribution in [3.05, 3.63) is 29.0 Å². The van der Waals surface area contributed by atoms with Crippen molar-refractivity contribution in [2.45, 2.75) is 18.9 Å². The predicted molar refractivity (Wildman–Crippen MR) is 60.4 cm³/mol. The highest BCUT2D eigenvalue weighted by Crippen LogP contribution is 2.27. The molecule has 2 rings (SSSR count). The Morgan fingerprint density at radius 1 is 1.69 bits per heavy atom. The quantitative estimate of drug-likeness (QED) is 0.849. The molecule has 1 aromatic heterocycles. The van der Waals surface area contributed by atoms with Gasteiger partial charge < -0.3 is 10.0 Å². The predicted octanol–water partition coefficient (Wildman–Crippen LogP) is 1.33. The third-order valence-corrected chi connectivity index (χ3v) is 3.22. The van der Waals surface area contributed by atoms with Gasteiger partial charge in [0.25, 0.3) is 5.91 Å². The van der Waals surface area contributed by atoms with Crippen LogP contribution in [-0.4, -0.2) is 39.6 Å². The summed E-state index contributed by atoms with van der Waals surface area (Å²) in [6.45, 7) is 2.66. The zero-order valence-electron chi connectivity index (χ0n) is 8.98. The highest BCUT2D eigenvalue weighted by molar-refractivity contribution is 6.33. The van der Waals surface area contributed by atoms with Crippen LogP contribution >= 0.6 is 11.6 Å². The normalized spacial score (nSPS) is 18.1. The largest absolute Gasteiger partial charge is 0.386 e. The number of halogens is 1. The van der Waals surface area contributed by atoms with Gasteiger partial charge in [-0.15, -0.1) is 0 Å². The van der Waals surface area contributed by atoms with Gasteiger partial charge in [-0.3, -0.25) is 9.78 Å². The van der Waals surface area contributed by atoms with Crippen LogP contribution in [0.4, 0.5) is 0 Å². The zero-order chi connectivity index (χ0) is 11.8. The van der Waals surface area contributed by atoms with Gasteiger partial charge in [-0.1, -0.05) is 18.5 Å². The number of likely N-dealkylation sites (tertiary alicyclic amines) is 1. The van der Waals surface area contributed by atoms with Crippen LogP contribution in [0.5, 0.6) is 0 Å². The molecule has 1 amide bonds. The van der Waals surface area contributed by atoms with Crippen LogP contribution in [0.15, 0.2) is 18.5 Å². The van der Waals surface area contributed by atoms with E-state index in [0.717, 1.165) is 0 Å². The summed E-state index contributed by atoms with van der Waals surface area (Å²) in [5.74, 6) is -0.148. The van der Waals surface area contributed by atoms with E-state index in [2.05, 4.69) is 4.98 Å². The number of hydrogen-bond acceptors (Lipinski definition) is 3. The average molecular weight is 241 g/mol. The smallest absolute Gasteiger partial charge is 0.255 e. The molecule has 0 aromatic carbocycles. The van der Waals surface area contributed by atoms with Gasteiger partial charge in [-0.05, 0) is 12.5 Å². The third-order valence-electron chi connectivity index (χ3n) is 2.92. The standard InChI is InChI=1S/C11H13ClN2O2/c1-2-11(16)6-14(7-11)10(15)8-3-4-13-5-9(8)12/h3-5,16H,2,6-7H2,1H3. The first-order valence-corrected chi connectivity index (χ1v) is 5.55. The van der Waals surface area contributed by atoms with Crippen LogP contribution in [-0.2, 0) is 0 Å². The van der Waals surface area contributed by atoms with Gasteiger partial charge in [-0.2, -0.15) is 0 Å². The van der Waals surface area contributed by atoms with Crippen LogP contribution < -0.4 is 0 Å². The van der Waals surface area contributed by atoms with Crippen LogP contribution in [0.1, 0.15) is 23.7 Å². The molecule has 0 bridgehead atoms. The van der Waals surface area contributed by atoms with Gasteiger partial charge in [0, 0.05) is 12.4 Å². The molecule has 0 aliphatic carbocycles. The number of carbonyl (C=O) groups excluding carboxylic acids is 1. The monoisotopic (exact) mass is 240 g/mol. The lowest BCUT2D eigenvalue weighted by Gasteiger charge is -2.46. The first-order chi connectivity index (χ1) is 7.56. The first-order valence-electron chi connectivity index (χ1n) is 5.17. The van der Waals surface area contributed by atoms with E-state index < -0.39 is 5.60 Å². The number of aliphatic hydroxyl groups is 1. The summed E-state index contributed by atoms with van der Waals surface area (Å²) in [5.41, 5.74) is -0.273. The summed E-state index contributed by atoms with van der Waals surface area (Å²) in [5, 5.41) is 10.2. The van der Waals surface area contributed by atoms with Crippen molar-refractivity contribution in [3.8, 4) is 0 Å². The molecule has 86 valence electrons. The SMILES string of the molecule is CCC1(O)CN(C(=O)c2ccncc2Cl)C1. The van der Waals surface area contributed by atoms with E-state index in [1.807, 2.05) is 6.92 Å². The minimum Gasteiger partial charge on any atom is -0.386 e. The minimum atomic E-state index is -0.713. The summed E-state index contributed by atoms with van der Waals surface area (Å²) in [4.78, 5) is 17.4. The van der Waals surface area contributed by atoms with Crippen molar-refractivity contribution in [3.63, 3.8) is 0 Å². The molecule has 1 fully saturated rings. The molecule has 5 heteroatoms. The molecule has 1 saturated heterocycles. The lowest BCUT2D eigenvalue weighted by molar-refractivity contribution is -0.0826. The topological polar surface area (TPSA) is 53.4 Å². The van der Waals surface area contributed by atoms with E-state index in [0.29, 0.717) is 30.1 Å². The average Bonchev–Trinajstić information content (AvgIpc) is 2.24. The number of amides is 1. The number of carbonyl (C=O) groups is 1. The molecule has 1 aliphatic heterocycles. The van der Waals surface area contributed by atoms with Crippen molar-refractivity contribution in [2.24, 2.45) is 0 Å². The van der Waals surface area contributed by atoms with Crippen molar-refractivity contribution in [1.82, 2.24) is 9.88 Å². The number of rotatable bonds is 2. The second-order valence-corrected chi connectivity index (χ2v) is 4.50. The zero-order valence-corrected chi connectivity index (χ0v) is 9.74. The highest BCUT2D eigenvalue weighted by atomic mass is 35.5. The molecule has 1 N–H and O–H groups in total. The van der Waals surface area contributed by atoms with Gasteiger partial charge >= 0.3 is 0 Å². The van der Waals surface area contributed by atoms with Crippen LogP contribution in [0.25, 0.3) is 0 Å². The molecule has 0 spiro atoms. The number of hydrogen-bond donors (Lipinski definition) is 1. The Balaban J connectivity index is 2.09.